The number of benzene rings is 1. The fourth-order valence-electron chi connectivity index (χ4n) is 3.27. The first kappa shape index (κ1) is 14.2. The maximum atomic E-state index is 4.17. The van der Waals surface area contributed by atoms with E-state index in [-0.39, 0.29) is 0 Å². The van der Waals surface area contributed by atoms with Gasteiger partial charge in [-0.15, -0.1) is 5.10 Å². The first-order valence-corrected chi connectivity index (χ1v) is 7.94. The quantitative estimate of drug-likeness (QED) is 0.917. The molecule has 3 rings (SSSR count). The van der Waals surface area contributed by atoms with Gasteiger partial charge in [0.15, 0.2) is 5.82 Å². The molecule has 1 aliphatic carbocycles. The number of para-hydroxylation sites is 1. The summed E-state index contributed by atoms with van der Waals surface area (Å²) in [7, 11) is 0. The Morgan fingerprint density at radius 2 is 2.00 bits per heavy atom. The van der Waals surface area contributed by atoms with Crippen LogP contribution in [-0.4, -0.2) is 26.2 Å². The SMILES string of the molecule is CCC1CCCCC1NCc1nnnn1-c1ccccc1. The van der Waals surface area contributed by atoms with Gasteiger partial charge in [-0.25, -0.2) is 0 Å². The van der Waals surface area contributed by atoms with Crippen molar-refractivity contribution in [2.75, 3.05) is 0 Å². The second kappa shape index (κ2) is 6.80. The van der Waals surface area contributed by atoms with Crippen molar-refractivity contribution in [3.05, 3.63) is 36.2 Å². The number of rotatable bonds is 5. The van der Waals surface area contributed by atoms with Crippen LogP contribution in [0.5, 0.6) is 0 Å². The zero-order chi connectivity index (χ0) is 14.5. The molecule has 1 aliphatic rings. The summed E-state index contributed by atoms with van der Waals surface area (Å²) in [5, 5.41) is 15.8. The van der Waals surface area contributed by atoms with Gasteiger partial charge in [-0.3, -0.25) is 0 Å². The van der Waals surface area contributed by atoms with Crippen molar-refractivity contribution in [2.45, 2.75) is 51.6 Å². The highest BCUT2D eigenvalue weighted by molar-refractivity contribution is 5.30. The summed E-state index contributed by atoms with van der Waals surface area (Å²) in [6.07, 6.45) is 6.57. The molecule has 1 aromatic carbocycles. The molecule has 2 atom stereocenters. The third kappa shape index (κ3) is 3.29. The Balaban J connectivity index is 1.67. The summed E-state index contributed by atoms with van der Waals surface area (Å²) in [5.41, 5.74) is 1.01. The highest BCUT2D eigenvalue weighted by Gasteiger charge is 2.23. The molecule has 5 heteroatoms. The molecule has 0 radical (unpaired) electrons. The Morgan fingerprint density at radius 3 is 2.81 bits per heavy atom. The van der Waals surface area contributed by atoms with Gasteiger partial charge in [0.25, 0.3) is 0 Å². The number of tetrazole rings is 1. The normalized spacial score (nSPS) is 22.3. The molecule has 1 N–H and O–H groups in total. The van der Waals surface area contributed by atoms with Crippen LogP contribution in [0.15, 0.2) is 30.3 Å². The van der Waals surface area contributed by atoms with Gasteiger partial charge >= 0.3 is 0 Å². The standard InChI is InChI=1S/C16H23N5/c1-2-13-8-6-7-11-15(13)17-12-16-18-19-20-21(16)14-9-4-3-5-10-14/h3-5,9-10,13,15,17H,2,6-8,11-12H2,1H3. The van der Waals surface area contributed by atoms with Crippen molar-refractivity contribution < 1.29 is 0 Å². The molecule has 1 heterocycles. The first-order chi connectivity index (χ1) is 10.4. The van der Waals surface area contributed by atoms with Gasteiger partial charge in [0.05, 0.1) is 12.2 Å². The molecule has 2 aromatic rings. The van der Waals surface area contributed by atoms with Gasteiger partial charge in [0, 0.05) is 6.04 Å². The predicted molar refractivity (Wildman–Crippen MR) is 82.0 cm³/mol. The largest absolute Gasteiger partial charge is 0.307 e. The Bertz CT molecular complexity index is 551. The van der Waals surface area contributed by atoms with Crippen molar-refractivity contribution in [1.29, 1.82) is 0 Å². The fraction of sp³-hybridized carbons (Fsp3) is 0.562. The maximum Gasteiger partial charge on any atom is 0.170 e. The molecule has 0 aliphatic heterocycles. The van der Waals surface area contributed by atoms with Crippen LogP contribution in [-0.2, 0) is 6.54 Å². The molecule has 0 bridgehead atoms. The van der Waals surface area contributed by atoms with Crippen LogP contribution >= 0.6 is 0 Å². The third-order valence-electron chi connectivity index (χ3n) is 4.49. The minimum absolute atomic E-state index is 0.602. The summed E-state index contributed by atoms with van der Waals surface area (Å²) in [5.74, 6) is 1.67. The molecule has 0 spiro atoms. The molecule has 0 amide bonds. The Kier molecular flexibility index (Phi) is 4.60. The number of nitrogens with one attached hydrogen (secondary N) is 1. The van der Waals surface area contributed by atoms with Crippen molar-refractivity contribution >= 4 is 0 Å². The van der Waals surface area contributed by atoms with Crippen LogP contribution in [0.1, 0.15) is 44.9 Å². The topological polar surface area (TPSA) is 55.6 Å². The number of aromatic nitrogens is 4. The van der Waals surface area contributed by atoms with Crippen molar-refractivity contribution in [3.63, 3.8) is 0 Å². The van der Waals surface area contributed by atoms with Crippen LogP contribution in [0.2, 0.25) is 0 Å². The highest BCUT2D eigenvalue weighted by Crippen LogP contribution is 2.26. The summed E-state index contributed by atoms with van der Waals surface area (Å²) >= 11 is 0. The van der Waals surface area contributed by atoms with Crippen LogP contribution in [0, 0.1) is 5.92 Å². The highest BCUT2D eigenvalue weighted by atomic mass is 15.5. The zero-order valence-corrected chi connectivity index (χ0v) is 12.6. The number of hydrogen-bond donors (Lipinski definition) is 1. The Morgan fingerprint density at radius 1 is 1.19 bits per heavy atom. The van der Waals surface area contributed by atoms with Crippen molar-refractivity contribution in [3.8, 4) is 5.69 Å². The van der Waals surface area contributed by atoms with E-state index in [0.29, 0.717) is 6.04 Å². The molecule has 1 aromatic heterocycles. The molecule has 0 saturated heterocycles. The van der Waals surface area contributed by atoms with E-state index in [2.05, 4.69) is 27.8 Å². The average Bonchev–Trinajstić information content (AvgIpc) is 3.02. The van der Waals surface area contributed by atoms with Crippen LogP contribution in [0.25, 0.3) is 5.69 Å². The third-order valence-corrected chi connectivity index (χ3v) is 4.49. The lowest BCUT2D eigenvalue weighted by Crippen LogP contribution is -2.38. The summed E-state index contributed by atoms with van der Waals surface area (Å²) in [6.45, 7) is 3.02. The fourth-order valence-corrected chi connectivity index (χ4v) is 3.27. The average molecular weight is 285 g/mol. The van der Waals surface area contributed by atoms with Crippen molar-refractivity contribution in [1.82, 2.24) is 25.5 Å². The van der Waals surface area contributed by atoms with E-state index < -0.39 is 0 Å². The minimum atomic E-state index is 0.602. The monoisotopic (exact) mass is 285 g/mol. The van der Waals surface area contributed by atoms with Crippen LogP contribution in [0.4, 0.5) is 0 Å². The van der Waals surface area contributed by atoms with E-state index >= 15 is 0 Å². The lowest BCUT2D eigenvalue weighted by atomic mass is 9.83. The number of hydrogen-bond acceptors (Lipinski definition) is 4. The van der Waals surface area contributed by atoms with E-state index in [0.717, 1.165) is 24.0 Å². The first-order valence-electron chi connectivity index (χ1n) is 7.94. The number of nitrogens with zero attached hydrogens (tertiary/aromatic N) is 4. The lowest BCUT2D eigenvalue weighted by Gasteiger charge is -2.31. The van der Waals surface area contributed by atoms with E-state index in [9.17, 15) is 0 Å². The second-order valence-electron chi connectivity index (χ2n) is 5.78. The summed E-state index contributed by atoms with van der Waals surface area (Å²) in [6, 6.07) is 10.7. The van der Waals surface area contributed by atoms with Gasteiger partial charge in [-0.05, 0) is 41.3 Å². The summed E-state index contributed by atoms with van der Waals surface area (Å²) in [4.78, 5) is 0. The molecule has 112 valence electrons. The van der Waals surface area contributed by atoms with Crippen molar-refractivity contribution in [2.24, 2.45) is 5.92 Å². The van der Waals surface area contributed by atoms with Gasteiger partial charge < -0.3 is 5.32 Å². The summed E-state index contributed by atoms with van der Waals surface area (Å²) < 4.78 is 1.82. The van der Waals surface area contributed by atoms with Crippen LogP contribution < -0.4 is 5.32 Å². The molecular formula is C16H23N5. The van der Waals surface area contributed by atoms with Crippen LogP contribution in [0.3, 0.4) is 0 Å². The molecule has 1 fully saturated rings. The van der Waals surface area contributed by atoms with Gasteiger partial charge in [0.1, 0.15) is 0 Å². The molecule has 1 saturated carbocycles. The minimum Gasteiger partial charge on any atom is -0.307 e. The second-order valence-corrected chi connectivity index (χ2v) is 5.78. The zero-order valence-electron chi connectivity index (χ0n) is 12.6. The van der Waals surface area contributed by atoms with Gasteiger partial charge in [0.2, 0.25) is 0 Å². The van der Waals surface area contributed by atoms with Gasteiger partial charge in [-0.2, -0.15) is 4.68 Å². The molecular weight excluding hydrogens is 262 g/mol. The Hall–Kier alpha value is -1.75. The molecule has 21 heavy (non-hydrogen) atoms. The predicted octanol–water partition coefficient (Wildman–Crippen LogP) is 2.72. The van der Waals surface area contributed by atoms with E-state index in [1.807, 2.05) is 35.0 Å². The molecule has 5 nitrogen and oxygen atoms in total. The van der Waals surface area contributed by atoms with Gasteiger partial charge in [-0.1, -0.05) is 44.4 Å². The van der Waals surface area contributed by atoms with E-state index in [4.69, 9.17) is 0 Å². The Labute approximate surface area is 125 Å². The maximum absolute atomic E-state index is 4.17. The smallest absolute Gasteiger partial charge is 0.170 e. The van der Waals surface area contributed by atoms with E-state index in [1.54, 1.807) is 0 Å². The van der Waals surface area contributed by atoms with E-state index in [1.165, 1.54) is 32.1 Å². The lowest BCUT2D eigenvalue weighted by molar-refractivity contribution is 0.252. The molecule has 2 unspecified atom stereocenters.